The van der Waals surface area contributed by atoms with Gasteiger partial charge in [0.25, 0.3) is 11.8 Å². The molecule has 0 atom stereocenters. The number of halogens is 1. The van der Waals surface area contributed by atoms with Crippen molar-refractivity contribution in [3.63, 3.8) is 0 Å². The zero-order valence-corrected chi connectivity index (χ0v) is 13.4. The number of carbonyl (C=O) groups is 2. The zero-order valence-electron chi connectivity index (χ0n) is 11.9. The fraction of sp³-hybridized carbons (Fsp3) is 0.200. The summed E-state index contributed by atoms with van der Waals surface area (Å²) in [4.78, 5) is 23.6. The molecule has 2 amide bonds. The molecule has 1 aromatic carbocycles. The lowest BCUT2D eigenvalue weighted by Gasteiger charge is -2.09. The smallest absolute Gasteiger partial charge is 0.287 e. The van der Waals surface area contributed by atoms with E-state index in [-0.39, 0.29) is 36.1 Å². The van der Waals surface area contributed by atoms with Crippen LogP contribution in [0.1, 0.15) is 26.5 Å². The van der Waals surface area contributed by atoms with Crippen LogP contribution in [0, 0.1) is 6.92 Å². The molecule has 0 unspecified atom stereocenters. The summed E-state index contributed by atoms with van der Waals surface area (Å²) in [6, 6.07) is 6.48. The third-order valence-electron chi connectivity index (χ3n) is 2.89. The first-order valence-electron chi connectivity index (χ1n) is 6.58. The molecule has 1 aromatic heterocycles. The van der Waals surface area contributed by atoms with Crippen molar-refractivity contribution in [1.82, 2.24) is 10.6 Å². The summed E-state index contributed by atoms with van der Waals surface area (Å²) in [6.07, 6.45) is 1.41. The van der Waals surface area contributed by atoms with Crippen molar-refractivity contribution in [3.8, 4) is 5.75 Å². The predicted molar refractivity (Wildman–Crippen MR) is 83.9 cm³/mol. The third kappa shape index (κ3) is 3.88. The molecule has 0 bridgehead atoms. The molecule has 0 aliphatic carbocycles. The van der Waals surface area contributed by atoms with Crippen molar-refractivity contribution in [3.05, 3.63) is 51.9 Å². The third-order valence-corrected chi connectivity index (χ3v) is 3.50. The molecule has 2 aromatic rings. The molecular weight excluding hydrogens is 352 g/mol. The molecule has 22 heavy (non-hydrogen) atoms. The van der Waals surface area contributed by atoms with Crippen LogP contribution in [0.2, 0.25) is 0 Å². The summed E-state index contributed by atoms with van der Waals surface area (Å²) in [6.45, 7) is 2.31. The van der Waals surface area contributed by atoms with Crippen molar-refractivity contribution in [2.45, 2.75) is 6.92 Å². The second kappa shape index (κ2) is 7.13. The number of hydrogen-bond donors (Lipinski definition) is 3. The molecule has 7 heteroatoms. The molecule has 0 aliphatic rings. The van der Waals surface area contributed by atoms with Crippen molar-refractivity contribution in [2.75, 3.05) is 13.1 Å². The van der Waals surface area contributed by atoms with Gasteiger partial charge < -0.3 is 20.2 Å². The fourth-order valence-corrected chi connectivity index (χ4v) is 2.42. The van der Waals surface area contributed by atoms with Gasteiger partial charge in [0.2, 0.25) is 0 Å². The van der Waals surface area contributed by atoms with Gasteiger partial charge in [-0.15, -0.1) is 0 Å². The second-order valence-corrected chi connectivity index (χ2v) is 5.49. The van der Waals surface area contributed by atoms with Crippen LogP contribution >= 0.6 is 15.9 Å². The van der Waals surface area contributed by atoms with E-state index >= 15 is 0 Å². The van der Waals surface area contributed by atoms with Crippen LogP contribution in [0.4, 0.5) is 0 Å². The minimum absolute atomic E-state index is 0.109. The number of carbonyl (C=O) groups excluding carboxylic acids is 2. The molecule has 0 spiro atoms. The van der Waals surface area contributed by atoms with Crippen LogP contribution in [-0.4, -0.2) is 30.0 Å². The number of hydrogen-bond acceptors (Lipinski definition) is 4. The molecule has 0 saturated carbocycles. The zero-order chi connectivity index (χ0) is 16.1. The molecule has 0 saturated heterocycles. The maximum absolute atomic E-state index is 12.0. The average molecular weight is 367 g/mol. The maximum Gasteiger partial charge on any atom is 0.287 e. The number of phenolic OH excluding ortho intramolecular Hbond substituents is 1. The Kier molecular flexibility index (Phi) is 5.21. The number of phenols is 1. The number of aryl methyl sites for hydroxylation is 1. The van der Waals surface area contributed by atoms with Gasteiger partial charge in [0.05, 0.1) is 16.3 Å². The van der Waals surface area contributed by atoms with Crippen LogP contribution in [0.25, 0.3) is 0 Å². The van der Waals surface area contributed by atoms with E-state index in [9.17, 15) is 14.7 Å². The van der Waals surface area contributed by atoms with Crippen LogP contribution in [0.15, 0.2) is 39.4 Å². The van der Waals surface area contributed by atoms with Gasteiger partial charge in [0.15, 0.2) is 5.76 Å². The SMILES string of the molecule is Cc1cc(Br)c(O)c(C(=O)NCCNC(=O)c2ccco2)c1. The van der Waals surface area contributed by atoms with Crippen LogP contribution in [0.3, 0.4) is 0 Å². The number of amides is 2. The van der Waals surface area contributed by atoms with Crippen molar-refractivity contribution in [2.24, 2.45) is 0 Å². The number of aromatic hydroxyl groups is 1. The van der Waals surface area contributed by atoms with Gasteiger partial charge in [0, 0.05) is 13.1 Å². The monoisotopic (exact) mass is 366 g/mol. The van der Waals surface area contributed by atoms with E-state index in [1.54, 1.807) is 24.3 Å². The van der Waals surface area contributed by atoms with Gasteiger partial charge >= 0.3 is 0 Å². The minimum atomic E-state index is -0.408. The topological polar surface area (TPSA) is 91.6 Å². The first-order valence-corrected chi connectivity index (χ1v) is 7.37. The highest BCUT2D eigenvalue weighted by atomic mass is 79.9. The second-order valence-electron chi connectivity index (χ2n) is 4.63. The largest absolute Gasteiger partial charge is 0.506 e. The highest BCUT2D eigenvalue weighted by molar-refractivity contribution is 9.10. The van der Waals surface area contributed by atoms with Gasteiger partial charge in [-0.25, -0.2) is 0 Å². The number of furan rings is 1. The van der Waals surface area contributed by atoms with E-state index in [1.165, 1.54) is 6.26 Å². The van der Waals surface area contributed by atoms with Crippen LogP contribution < -0.4 is 10.6 Å². The standard InChI is InChI=1S/C15H15BrN2O4/c1-9-7-10(13(19)11(16)8-9)14(20)17-4-5-18-15(21)12-3-2-6-22-12/h2-3,6-8,19H,4-5H2,1H3,(H,17,20)(H,18,21). The Morgan fingerprint density at radius 1 is 1.23 bits per heavy atom. The Bertz CT molecular complexity index is 683. The van der Waals surface area contributed by atoms with Gasteiger partial charge in [-0.05, 0) is 52.7 Å². The molecule has 3 N–H and O–H groups in total. The van der Waals surface area contributed by atoms with E-state index in [2.05, 4.69) is 26.6 Å². The number of nitrogens with one attached hydrogen (secondary N) is 2. The Hall–Kier alpha value is -2.28. The Morgan fingerprint density at radius 3 is 2.55 bits per heavy atom. The van der Waals surface area contributed by atoms with Gasteiger partial charge in [-0.2, -0.15) is 0 Å². The van der Waals surface area contributed by atoms with Crippen molar-refractivity contribution >= 4 is 27.7 Å². The van der Waals surface area contributed by atoms with Crippen molar-refractivity contribution in [1.29, 1.82) is 0 Å². The lowest BCUT2D eigenvalue weighted by Crippen LogP contribution is -2.34. The predicted octanol–water partition coefficient (Wildman–Crippen LogP) is 2.22. The molecule has 116 valence electrons. The number of rotatable bonds is 5. The lowest BCUT2D eigenvalue weighted by molar-refractivity contribution is 0.0909. The van der Waals surface area contributed by atoms with Gasteiger partial charge in [0.1, 0.15) is 5.75 Å². The quantitative estimate of drug-likeness (QED) is 0.707. The Labute approximate surface area is 135 Å². The minimum Gasteiger partial charge on any atom is -0.506 e. The summed E-state index contributed by atoms with van der Waals surface area (Å²) in [5.41, 5.74) is 1.03. The van der Waals surface area contributed by atoms with E-state index in [0.717, 1.165) is 5.56 Å². The maximum atomic E-state index is 12.0. The lowest BCUT2D eigenvalue weighted by atomic mass is 10.1. The summed E-state index contributed by atoms with van der Waals surface area (Å²) in [5, 5.41) is 15.1. The van der Waals surface area contributed by atoms with E-state index in [1.807, 2.05) is 6.92 Å². The van der Waals surface area contributed by atoms with Crippen molar-refractivity contribution < 1.29 is 19.1 Å². The van der Waals surface area contributed by atoms with E-state index < -0.39 is 5.91 Å². The fourth-order valence-electron chi connectivity index (χ4n) is 1.85. The molecule has 1 heterocycles. The summed E-state index contributed by atoms with van der Waals surface area (Å²) in [7, 11) is 0. The normalized spacial score (nSPS) is 10.3. The van der Waals surface area contributed by atoms with E-state index in [0.29, 0.717) is 4.47 Å². The molecule has 6 nitrogen and oxygen atoms in total. The summed E-state index contributed by atoms with van der Waals surface area (Å²) in [5.74, 6) is -0.649. The Balaban J connectivity index is 1.85. The molecule has 0 radical (unpaired) electrons. The average Bonchev–Trinajstić information content (AvgIpc) is 3.01. The summed E-state index contributed by atoms with van der Waals surface area (Å²) >= 11 is 3.19. The first-order chi connectivity index (χ1) is 10.5. The van der Waals surface area contributed by atoms with Crippen LogP contribution in [0.5, 0.6) is 5.75 Å². The highest BCUT2D eigenvalue weighted by Gasteiger charge is 2.14. The first kappa shape index (κ1) is 16.1. The Morgan fingerprint density at radius 2 is 1.91 bits per heavy atom. The van der Waals surface area contributed by atoms with Crippen LogP contribution in [-0.2, 0) is 0 Å². The number of benzene rings is 1. The van der Waals surface area contributed by atoms with E-state index in [4.69, 9.17) is 4.42 Å². The molecule has 0 aliphatic heterocycles. The summed E-state index contributed by atoms with van der Waals surface area (Å²) < 4.78 is 5.41. The molecule has 2 rings (SSSR count). The molecular formula is C15H15BrN2O4. The van der Waals surface area contributed by atoms with Gasteiger partial charge in [-0.3, -0.25) is 9.59 Å². The van der Waals surface area contributed by atoms with Gasteiger partial charge in [-0.1, -0.05) is 0 Å². The molecule has 0 fully saturated rings. The highest BCUT2D eigenvalue weighted by Crippen LogP contribution is 2.29.